The minimum Gasteiger partial charge on any atom is -0.328 e. The van der Waals surface area contributed by atoms with Crippen LogP contribution >= 0.6 is 11.3 Å². The third kappa shape index (κ3) is 3.92. The van der Waals surface area contributed by atoms with Crippen molar-refractivity contribution in [3.05, 3.63) is 21.9 Å². The van der Waals surface area contributed by atoms with Crippen molar-refractivity contribution in [1.29, 1.82) is 0 Å². The Morgan fingerprint density at radius 3 is 2.46 bits per heavy atom. The average Bonchev–Trinajstić information content (AvgIpc) is 2.50. The van der Waals surface area contributed by atoms with Gasteiger partial charge in [-0.3, -0.25) is 0 Å². The average molecular weight is 197 g/mol. The lowest BCUT2D eigenvalue weighted by Gasteiger charge is -2.01. The van der Waals surface area contributed by atoms with E-state index in [2.05, 4.69) is 26.0 Å². The van der Waals surface area contributed by atoms with Gasteiger partial charge in [0, 0.05) is 15.8 Å². The lowest BCUT2D eigenvalue weighted by atomic mass is 10.2. The van der Waals surface area contributed by atoms with E-state index in [1.54, 1.807) is 0 Å². The summed E-state index contributed by atoms with van der Waals surface area (Å²) in [6, 6.07) is 4.83. The molecule has 0 saturated carbocycles. The number of rotatable bonds is 5. The second-order valence-electron chi connectivity index (χ2n) is 3.63. The summed E-state index contributed by atoms with van der Waals surface area (Å²) >= 11 is 1.94. The molecule has 1 rings (SSSR count). The molecule has 0 amide bonds. The number of hydrogen-bond donors (Lipinski definition) is 1. The predicted molar refractivity (Wildman–Crippen MR) is 60.3 cm³/mol. The third-order valence-electron chi connectivity index (χ3n) is 2.06. The van der Waals surface area contributed by atoms with Crippen molar-refractivity contribution in [3.63, 3.8) is 0 Å². The molecule has 1 nitrogen and oxygen atoms in total. The molecule has 0 bridgehead atoms. The van der Waals surface area contributed by atoms with Crippen LogP contribution < -0.4 is 5.73 Å². The molecule has 0 saturated heterocycles. The molecule has 0 aliphatic heterocycles. The van der Waals surface area contributed by atoms with Crippen LogP contribution in [0.25, 0.3) is 0 Å². The highest BCUT2D eigenvalue weighted by molar-refractivity contribution is 7.11. The SMILES string of the molecule is CCCc1ccc(CC[C@H](C)N)s1. The zero-order valence-electron chi connectivity index (χ0n) is 8.55. The first-order valence-corrected chi connectivity index (χ1v) is 5.87. The second-order valence-corrected chi connectivity index (χ2v) is 4.89. The zero-order valence-corrected chi connectivity index (χ0v) is 9.36. The molecule has 13 heavy (non-hydrogen) atoms. The summed E-state index contributed by atoms with van der Waals surface area (Å²) in [5.41, 5.74) is 5.71. The quantitative estimate of drug-likeness (QED) is 0.771. The molecule has 1 heterocycles. The van der Waals surface area contributed by atoms with Gasteiger partial charge in [-0.1, -0.05) is 13.3 Å². The Morgan fingerprint density at radius 1 is 1.31 bits per heavy atom. The predicted octanol–water partition coefficient (Wildman–Crippen LogP) is 2.98. The first kappa shape index (κ1) is 10.7. The van der Waals surface area contributed by atoms with Crippen molar-refractivity contribution in [3.8, 4) is 0 Å². The molecule has 0 aliphatic rings. The molecule has 0 aliphatic carbocycles. The minimum atomic E-state index is 0.330. The Balaban J connectivity index is 2.39. The molecule has 1 aromatic rings. The largest absolute Gasteiger partial charge is 0.328 e. The van der Waals surface area contributed by atoms with E-state index >= 15 is 0 Å². The van der Waals surface area contributed by atoms with Gasteiger partial charge in [-0.2, -0.15) is 0 Å². The summed E-state index contributed by atoms with van der Waals surface area (Å²) in [5.74, 6) is 0. The lowest BCUT2D eigenvalue weighted by molar-refractivity contribution is 0.670. The third-order valence-corrected chi connectivity index (χ3v) is 3.26. The molecule has 74 valence electrons. The van der Waals surface area contributed by atoms with Crippen LogP contribution in [0.15, 0.2) is 12.1 Å². The van der Waals surface area contributed by atoms with Crippen LogP contribution in [0.1, 0.15) is 36.4 Å². The number of thiophene rings is 1. The molecule has 0 spiro atoms. The van der Waals surface area contributed by atoms with Crippen molar-refractivity contribution < 1.29 is 0 Å². The fraction of sp³-hybridized carbons (Fsp3) is 0.636. The first-order chi connectivity index (χ1) is 6.22. The Bertz CT molecular complexity index is 240. The van der Waals surface area contributed by atoms with Crippen molar-refractivity contribution in [2.45, 2.75) is 45.6 Å². The smallest absolute Gasteiger partial charge is 0.00487 e. The standard InChI is InChI=1S/C11H19NS/c1-3-4-10-7-8-11(13-10)6-5-9(2)12/h7-9H,3-6,12H2,1-2H3/t9-/m0/s1. The molecule has 0 unspecified atom stereocenters. The van der Waals surface area contributed by atoms with E-state index in [0.717, 1.165) is 12.8 Å². The Labute approximate surface area is 85.0 Å². The van der Waals surface area contributed by atoms with Crippen molar-refractivity contribution in [2.75, 3.05) is 0 Å². The van der Waals surface area contributed by atoms with Gasteiger partial charge in [-0.05, 0) is 38.3 Å². The Morgan fingerprint density at radius 2 is 1.92 bits per heavy atom. The fourth-order valence-electron chi connectivity index (χ4n) is 1.31. The van der Waals surface area contributed by atoms with E-state index in [1.807, 2.05) is 11.3 Å². The van der Waals surface area contributed by atoms with Gasteiger partial charge < -0.3 is 5.73 Å². The molecular weight excluding hydrogens is 178 g/mol. The monoisotopic (exact) mass is 197 g/mol. The molecule has 0 fully saturated rings. The van der Waals surface area contributed by atoms with Crippen LogP contribution in [-0.4, -0.2) is 6.04 Å². The van der Waals surface area contributed by atoms with E-state index in [-0.39, 0.29) is 0 Å². The summed E-state index contributed by atoms with van der Waals surface area (Å²) in [6.45, 7) is 4.29. The van der Waals surface area contributed by atoms with Gasteiger partial charge >= 0.3 is 0 Å². The van der Waals surface area contributed by atoms with Gasteiger partial charge in [0.05, 0.1) is 0 Å². The zero-order chi connectivity index (χ0) is 9.68. The summed E-state index contributed by atoms with van der Waals surface area (Å²) in [4.78, 5) is 3.00. The maximum Gasteiger partial charge on any atom is 0.00487 e. The van der Waals surface area contributed by atoms with Crippen LogP contribution in [0.2, 0.25) is 0 Å². The van der Waals surface area contributed by atoms with Gasteiger partial charge in [0.25, 0.3) is 0 Å². The second kappa shape index (κ2) is 5.40. The van der Waals surface area contributed by atoms with Gasteiger partial charge in [-0.15, -0.1) is 11.3 Å². The van der Waals surface area contributed by atoms with Crippen LogP contribution in [-0.2, 0) is 12.8 Å². The van der Waals surface area contributed by atoms with Crippen molar-refractivity contribution in [1.82, 2.24) is 0 Å². The van der Waals surface area contributed by atoms with Crippen LogP contribution in [0.4, 0.5) is 0 Å². The highest BCUT2D eigenvalue weighted by Gasteiger charge is 2.00. The molecule has 1 atom stereocenters. The number of hydrogen-bond acceptors (Lipinski definition) is 2. The van der Waals surface area contributed by atoms with Gasteiger partial charge in [-0.25, -0.2) is 0 Å². The van der Waals surface area contributed by atoms with E-state index in [1.165, 1.54) is 22.6 Å². The number of nitrogens with two attached hydrogens (primary N) is 1. The Hall–Kier alpha value is -0.340. The maximum absolute atomic E-state index is 5.71. The molecule has 2 N–H and O–H groups in total. The summed E-state index contributed by atoms with van der Waals surface area (Å²) in [5, 5.41) is 0. The van der Waals surface area contributed by atoms with Crippen LogP contribution in [0, 0.1) is 0 Å². The maximum atomic E-state index is 5.71. The normalized spacial score (nSPS) is 13.2. The first-order valence-electron chi connectivity index (χ1n) is 5.05. The molecule has 0 aromatic carbocycles. The summed E-state index contributed by atoms with van der Waals surface area (Å²) < 4.78 is 0. The Kier molecular flexibility index (Phi) is 4.46. The van der Waals surface area contributed by atoms with Crippen molar-refractivity contribution >= 4 is 11.3 Å². The van der Waals surface area contributed by atoms with E-state index in [9.17, 15) is 0 Å². The van der Waals surface area contributed by atoms with Gasteiger partial charge in [0.2, 0.25) is 0 Å². The van der Waals surface area contributed by atoms with E-state index < -0.39 is 0 Å². The van der Waals surface area contributed by atoms with E-state index in [0.29, 0.717) is 6.04 Å². The molecule has 0 radical (unpaired) electrons. The fourth-order valence-corrected chi connectivity index (χ4v) is 2.44. The summed E-state index contributed by atoms with van der Waals surface area (Å²) in [7, 11) is 0. The molecule has 1 aromatic heterocycles. The highest BCUT2D eigenvalue weighted by Crippen LogP contribution is 2.19. The van der Waals surface area contributed by atoms with Crippen LogP contribution in [0.5, 0.6) is 0 Å². The van der Waals surface area contributed by atoms with E-state index in [4.69, 9.17) is 5.73 Å². The lowest BCUT2D eigenvalue weighted by Crippen LogP contribution is -2.14. The minimum absolute atomic E-state index is 0.330. The van der Waals surface area contributed by atoms with Crippen LogP contribution in [0.3, 0.4) is 0 Å². The highest BCUT2D eigenvalue weighted by atomic mass is 32.1. The molecule has 2 heteroatoms. The summed E-state index contributed by atoms with van der Waals surface area (Å²) in [6.07, 6.45) is 4.72. The topological polar surface area (TPSA) is 26.0 Å². The van der Waals surface area contributed by atoms with Gasteiger partial charge in [0.1, 0.15) is 0 Å². The molecular formula is C11H19NS. The van der Waals surface area contributed by atoms with Crippen molar-refractivity contribution in [2.24, 2.45) is 5.73 Å². The number of aryl methyl sites for hydroxylation is 2. The van der Waals surface area contributed by atoms with Gasteiger partial charge in [0.15, 0.2) is 0 Å².